The number of nitrogens with one attached hydrogen (secondary N) is 3. The van der Waals surface area contributed by atoms with E-state index < -0.39 is 86.2 Å². The first-order chi connectivity index (χ1) is 28.5. The summed E-state index contributed by atoms with van der Waals surface area (Å²) in [6.45, 7) is -0.872. The van der Waals surface area contributed by atoms with Crippen LogP contribution in [-0.2, 0) is 44.7 Å². The fourth-order valence-corrected chi connectivity index (χ4v) is 7.88. The van der Waals surface area contributed by atoms with Gasteiger partial charge in [0.25, 0.3) is 5.91 Å². The molecule has 5 N–H and O–H groups in total. The zero-order valence-electron chi connectivity index (χ0n) is 33.3. The average molecular weight is 1000 g/mol. The van der Waals surface area contributed by atoms with E-state index in [0.29, 0.717) is 0 Å². The van der Waals surface area contributed by atoms with Crippen LogP contribution in [0.5, 0.6) is 0 Å². The molecular formula is C35H29FN9Na3O13S4. The van der Waals surface area contributed by atoms with Gasteiger partial charge in [-0.05, 0) is 90.3 Å². The molecule has 0 unspecified atom stereocenters. The molecule has 0 bridgehead atoms. The molecule has 0 fully saturated rings. The van der Waals surface area contributed by atoms with E-state index in [0.717, 1.165) is 42.5 Å². The Labute approximate surface area is 437 Å². The van der Waals surface area contributed by atoms with Gasteiger partial charge in [-0.25, -0.2) is 33.7 Å². The Kier molecular flexibility index (Phi) is 20.7. The van der Waals surface area contributed by atoms with Crippen LogP contribution < -0.4 is 110 Å². The van der Waals surface area contributed by atoms with Crippen LogP contribution >= 0.6 is 0 Å². The largest absolute Gasteiger partial charge is 1.00 e. The predicted octanol–water partition coefficient (Wildman–Crippen LogP) is -4.39. The van der Waals surface area contributed by atoms with Crippen molar-refractivity contribution >= 4 is 103 Å². The predicted molar refractivity (Wildman–Crippen MR) is 217 cm³/mol. The molecule has 1 heterocycles. The van der Waals surface area contributed by atoms with Gasteiger partial charge in [-0.2, -0.15) is 19.3 Å². The number of aromatic nitrogens is 3. The minimum atomic E-state index is -5.13. The van der Waals surface area contributed by atoms with Crippen LogP contribution in [0.2, 0.25) is 0 Å². The van der Waals surface area contributed by atoms with Gasteiger partial charge in [0.05, 0.1) is 32.7 Å². The fraction of sp³-hybridized carbons (Fsp3) is 0.0857. The number of nitrogens with zero attached hydrogens (tertiary/aromatic N) is 5. The summed E-state index contributed by atoms with van der Waals surface area (Å²) in [5.41, 5.74) is 6.18. The summed E-state index contributed by atoms with van der Waals surface area (Å²) < 4.78 is 146. The van der Waals surface area contributed by atoms with Crippen molar-refractivity contribution in [3.05, 3.63) is 109 Å². The number of fused-ring (bicyclic) bond motifs is 1. The fourth-order valence-electron chi connectivity index (χ4n) is 5.30. The molecule has 1 aromatic heterocycles. The number of hydrogen-bond donors (Lipinski definition) is 4. The number of nitrogen functional groups attached to an aromatic ring is 1. The zero-order chi connectivity index (χ0) is 44.3. The van der Waals surface area contributed by atoms with E-state index in [1.807, 2.05) is 0 Å². The van der Waals surface area contributed by atoms with Crippen LogP contribution in [0.3, 0.4) is 0 Å². The van der Waals surface area contributed by atoms with Crippen molar-refractivity contribution < 1.29 is 149 Å². The molecule has 0 aliphatic carbocycles. The van der Waals surface area contributed by atoms with E-state index >= 15 is 0 Å². The van der Waals surface area contributed by atoms with Gasteiger partial charge in [0, 0.05) is 28.0 Å². The Bertz CT molecular complexity index is 3200. The standard InChI is InChI=1S/C34H28FN9O13S4.CH4.3Na/c35-32-40-33(38-22-4-1-19(2-5-22)31(45)37-21-6-9-24(10-7-21)58(46,47)16-15-57-61(54,55)56)42-34(41-32)39-23-8-14-29(60(51,52)53)28(18-23)43-44-30-26-12-11-25(59(48,49)50)17-20(26)3-13-27(30)36;;;;/h1-14,17-18H,15-16,36H2,(H,37,45)(H,48,49,50)(H,51,52,53)(H,54,55,56)(H2,38,39,40,41,42);1H4;;;/q;;3*+1/p-3. The number of carbonyl (C=O) groups excluding carboxylic acids is 1. The van der Waals surface area contributed by atoms with Gasteiger partial charge in [-0.1, -0.05) is 19.6 Å². The van der Waals surface area contributed by atoms with Crippen molar-refractivity contribution in [1.29, 1.82) is 0 Å². The van der Waals surface area contributed by atoms with Gasteiger partial charge >= 0.3 is 94.8 Å². The smallest absolute Gasteiger partial charge is 0.744 e. The van der Waals surface area contributed by atoms with Crippen LogP contribution in [0.25, 0.3) is 10.8 Å². The van der Waals surface area contributed by atoms with Gasteiger partial charge in [0.1, 0.15) is 31.6 Å². The summed E-state index contributed by atoms with van der Waals surface area (Å²) in [5, 5.41) is 16.4. The zero-order valence-corrected chi connectivity index (χ0v) is 42.5. The quantitative estimate of drug-likeness (QED) is 0.0248. The van der Waals surface area contributed by atoms with E-state index in [1.165, 1.54) is 54.6 Å². The number of nitrogens with two attached hydrogens (primary N) is 1. The molecule has 0 radical (unpaired) electrons. The Hall–Kier alpha value is -3.59. The van der Waals surface area contributed by atoms with Gasteiger partial charge in [-0.15, -0.1) is 10.2 Å². The molecule has 1 amide bonds. The number of carbonyl (C=O) groups is 1. The monoisotopic (exact) mass is 999 g/mol. The minimum Gasteiger partial charge on any atom is -0.744 e. The summed E-state index contributed by atoms with van der Waals surface area (Å²) in [6.07, 6.45) is -1.25. The van der Waals surface area contributed by atoms with E-state index in [-0.39, 0.29) is 152 Å². The Balaban J connectivity index is 0.00000363. The maximum atomic E-state index is 14.6. The molecular weight excluding hydrogens is 971 g/mol. The number of halogens is 1. The van der Waals surface area contributed by atoms with Crippen molar-refractivity contribution in [2.45, 2.75) is 22.1 Å². The number of benzene rings is 5. The summed E-state index contributed by atoms with van der Waals surface area (Å²) in [6, 6.07) is 19.8. The number of hydrogen-bond acceptors (Lipinski definition) is 21. The van der Waals surface area contributed by atoms with Gasteiger partial charge < -0.3 is 35.3 Å². The molecule has 326 valence electrons. The summed E-state index contributed by atoms with van der Waals surface area (Å²) in [5.74, 6) is -2.09. The topological polar surface area (TPSA) is 358 Å². The third-order valence-electron chi connectivity index (χ3n) is 8.09. The molecule has 0 saturated heterocycles. The molecule has 6 aromatic rings. The van der Waals surface area contributed by atoms with E-state index in [9.17, 15) is 56.5 Å². The maximum absolute atomic E-state index is 14.6. The van der Waals surface area contributed by atoms with Crippen molar-refractivity contribution in [3.8, 4) is 0 Å². The third kappa shape index (κ3) is 15.7. The number of azo groups is 1. The molecule has 5 aromatic carbocycles. The van der Waals surface area contributed by atoms with E-state index in [4.69, 9.17) is 5.73 Å². The molecule has 0 spiro atoms. The van der Waals surface area contributed by atoms with E-state index in [1.54, 1.807) is 0 Å². The molecule has 22 nitrogen and oxygen atoms in total. The Morgan fingerprint density at radius 3 is 1.83 bits per heavy atom. The van der Waals surface area contributed by atoms with E-state index in [2.05, 4.69) is 45.3 Å². The van der Waals surface area contributed by atoms with Crippen LogP contribution in [0.1, 0.15) is 17.8 Å². The second kappa shape index (κ2) is 23.4. The normalized spacial score (nSPS) is 11.6. The number of anilines is 6. The summed E-state index contributed by atoms with van der Waals surface area (Å²) in [4.78, 5) is 22.6. The molecule has 30 heteroatoms. The van der Waals surface area contributed by atoms with Crippen LogP contribution in [0.15, 0.2) is 122 Å². The summed E-state index contributed by atoms with van der Waals surface area (Å²) >= 11 is 0. The Morgan fingerprint density at radius 2 is 1.25 bits per heavy atom. The second-order valence-corrected chi connectivity index (χ2v) is 18.2. The third-order valence-corrected chi connectivity index (χ3v) is 12.0. The SMILES string of the molecule is C.Nc1ccc2cc(S(=O)(=O)[O-])ccc2c1N=Nc1cc(Nc2nc(F)nc(Nc3ccc(C(=O)Nc4ccc(S(=O)(=O)CCOS(=O)(=O)[O-])cc4)cc3)n2)ccc1S(=O)(=O)[O-].[Na+].[Na+].[Na+]. The van der Waals surface area contributed by atoms with Crippen molar-refractivity contribution in [1.82, 2.24) is 15.0 Å². The van der Waals surface area contributed by atoms with Gasteiger partial charge in [-0.3, -0.25) is 8.98 Å². The number of amides is 1. The molecule has 0 aliphatic heterocycles. The summed E-state index contributed by atoms with van der Waals surface area (Å²) in [7, 11) is -19.0. The first kappa shape index (κ1) is 57.5. The average Bonchev–Trinajstić information content (AvgIpc) is 3.16. The van der Waals surface area contributed by atoms with Crippen LogP contribution in [-0.4, -0.2) is 80.5 Å². The molecule has 0 atom stereocenters. The molecule has 0 aliphatic rings. The molecule has 6 rings (SSSR count). The first-order valence-corrected chi connectivity index (χ1v) is 22.4. The second-order valence-electron chi connectivity index (χ2n) is 12.3. The van der Waals surface area contributed by atoms with Crippen molar-refractivity contribution in [2.75, 3.05) is 34.0 Å². The Morgan fingerprint density at radius 1 is 0.677 bits per heavy atom. The van der Waals surface area contributed by atoms with Gasteiger partial charge in [0.15, 0.2) is 9.84 Å². The maximum Gasteiger partial charge on any atom is 1.00 e. The number of sulfone groups is 1. The van der Waals surface area contributed by atoms with Crippen LogP contribution in [0, 0.1) is 6.08 Å². The van der Waals surface area contributed by atoms with Crippen molar-refractivity contribution in [3.63, 3.8) is 0 Å². The molecule has 0 saturated carbocycles. The minimum absolute atomic E-state index is 0. The molecule has 65 heavy (non-hydrogen) atoms. The van der Waals surface area contributed by atoms with Gasteiger partial charge in [0.2, 0.25) is 22.3 Å². The van der Waals surface area contributed by atoms with Crippen LogP contribution in [0.4, 0.5) is 50.4 Å². The van der Waals surface area contributed by atoms with Crippen molar-refractivity contribution in [2.24, 2.45) is 10.2 Å². The number of rotatable bonds is 15. The first-order valence-electron chi connectivity index (χ1n) is 16.6.